The monoisotopic (exact) mass is 461 g/mol. The molecule has 1 aromatic heterocycles. The lowest BCUT2D eigenvalue weighted by molar-refractivity contribution is 0.0693. The Morgan fingerprint density at radius 3 is 2.42 bits per heavy atom. The fourth-order valence-electron chi connectivity index (χ4n) is 3.88. The average Bonchev–Trinajstić information content (AvgIpc) is 3.15. The lowest BCUT2D eigenvalue weighted by Gasteiger charge is -2.34. The highest BCUT2D eigenvalue weighted by Gasteiger charge is 2.32. The number of nitrogens with one attached hydrogen (secondary N) is 1. The van der Waals surface area contributed by atoms with Crippen LogP contribution in [0.5, 0.6) is 11.5 Å². The summed E-state index contributed by atoms with van der Waals surface area (Å²) in [5, 5.41) is 1.17. The molecule has 31 heavy (non-hydrogen) atoms. The molecule has 3 heterocycles. The lowest BCUT2D eigenvalue weighted by Crippen LogP contribution is -2.50. The van der Waals surface area contributed by atoms with Crippen molar-refractivity contribution in [1.82, 2.24) is 14.2 Å². The molecule has 1 saturated heterocycles. The molecule has 0 atom stereocenters. The maximum absolute atomic E-state index is 13.1. The van der Waals surface area contributed by atoms with Gasteiger partial charge in [0.15, 0.2) is 11.5 Å². The van der Waals surface area contributed by atoms with Crippen molar-refractivity contribution in [1.29, 1.82) is 0 Å². The SMILES string of the molecule is O=C(c1[nH]c2ccccc2c1Cl)N1CCN(S(=O)(=O)c2ccc3c(c2)OCCO3)CC1. The predicted molar refractivity (Wildman–Crippen MR) is 115 cm³/mol. The first kappa shape index (κ1) is 20.2. The minimum absolute atomic E-state index is 0.148. The van der Waals surface area contributed by atoms with Gasteiger partial charge in [0.2, 0.25) is 10.0 Å². The number of piperazine rings is 1. The predicted octanol–water partition coefficient (Wildman–Crippen LogP) is 2.74. The van der Waals surface area contributed by atoms with Crippen LogP contribution in [0.2, 0.25) is 5.02 Å². The van der Waals surface area contributed by atoms with E-state index in [1.165, 1.54) is 16.4 Å². The summed E-state index contributed by atoms with van der Waals surface area (Å²) in [6.45, 7) is 1.76. The third-order valence-electron chi connectivity index (χ3n) is 5.53. The number of ether oxygens (including phenoxy) is 2. The number of aromatic amines is 1. The fraction of sp³-hybridized carbons (Fsp3) is 0.286. The number of aromatic nitrogens is 1. The number of fused-ring (bicyclic) bond motifs is 2. The van der Waals surface area contributed by atoms with Crippen LogP contribution in [0.3, 0.4) is 0 Å². The number of nitrogens with zero attached hydrogens (tertiary/aromatic N) is 2. The van der Waals surface area contributed by atoms with E-state index in [1.807, 2.05) is 24.3 Å². The summed E-state index contributed by atoms with van der Waals surface area (Å²) < 4.78 is 38.5. The summed E-state index contributed by atoms with van der Waals surface area (Å²) in [4.78, 5) is 17.8. The van der Waals surface area contributed by atoms with Crippen LogP contribution < -0.4 is 9.47 Å². The van der Waals surface area contributed by atoms with Gasteiger partial charge in [0.25, 0.3) is 5.91 Å². The largest absolute Gasteiger partial charge is 0.486 e. The number of sulfonamides is 1. The van der Waals surface area contributed by atoms with E-state index in [-0.39, 0.29) is 37.0 Å². The first-order valence-electron chi connectivity index (χ1n) is 9.90. The standard InChI is InChI=1S/C21H20ClN3O5S/c22-19-15-3-1-2-4-16(15)23-20(19)21(26)24-7-9-25(10-8-24)31(27,28)14-5-6-17-18(13-14)30-12-11-29-17/h1-6,13,23H,7-12H2. The van der Waals surface area contributed by atoms with Crippen molar-refractivity contribution < 1.29 is 22.7 Å². The Hall–Kier alpha value is -2.75. The Kier molecular flexibility index (Phi) is 5.04. The summed E-state index contributed by atoms with van der Waals surface area (Å²) >= 11 is 6.40. The van der Waals surface area contributed by atoms with Crippen LogP contribution in [0.15, 0.2) is 47.4 Å². The second-order valence-electron chi connectivity index (χ2n) is 7.36. The van der Waals surface area contributed by atoms with Crippen LogP contribution in [-0.4, -0.2) is 67.9 Å². The van der Waals surface area contributed by atoms with Crippen molar-refractivity contribution in [3.8, 4) is 11.5 Å². The van der Waals surface area contributed by atoms with E-state index in [9.17, 15) is 13.2 Å². The van der Waals surface area contributed by atoms with Crippen molar-refractivity contribution >= 4 is 38.4 Å². The van der Waals surface area contributed by atoms with Gasteiger partial charge < -0.3 is 19.4 Å². The van der Waals surface area contributed by atoms with E-state index in [0.717, 1.165) is 10.9 Å². The van der Waals surface area contributed by atoms with Crippen LogP contribution in [-0.2, 0) is 10.0 Å². The molecule has 0 radical (unpaired) electrons. The van der Waals surface area contributed by atoms with Gasteiger partial charge in [0.1, 0.15) is 18.9 Å². The second-order valence-corrected chi connectivity index (χ2v) is 9.68. The summed E-state index contributed by atoms with van der Waals surface area (Å²) in [5.41, 5.74) is 1.11. The molecule has 5 rings (SSSR count). The number of carbonyl (C=O) groups excluding carboxylic acids is 1. The van der Waals surface area contributed by atoms with E-state index in [1.54, 1.807) is 11.0 Å². The smallest absolute Gasteiger partial charge is 0.271 e. The number of H-pyrrole nitrogens is 1. The van der Waals surface area contributed by atoms with Crippen molar-refractivity contribution in [3.05, 3.63) is 53.2 Å². The number of halogens is 1. The van der Waals surface area contributed by atoms with Gasteiger partial charge in [-0.1, -0.05) is 29.8 Å². The molecule has 0 unspecified atom stereocenters. The van der Waals surface area contributed by atoms with E-state index in [4.69, 9.17) is 21.1 Å². The van der Waals surface area contributed by atoms with Gasteiger partial charge in [-0.05, 0) is 18.2 Å². The van der Waals surface area contributed by atoms with E-state index in [2.05, 4.69) is 4.98 Å². The van der Waals surface area contributed by atoms with Crippen LogP contribution in [0.4, 0.5) is 0 Å². The maximum atomic E-state index is 13.1. The molecule has 162 valence electrons. The zero-order chi connectivity index (χ0) is 21.6. The van der Waals surface area contributed by atoms with E-state index in [0.29, 0.717) is 35.4 Å². The van der Waals surface area contributed by atoms with Gasteiger partial charge in [0, 0.05) is 43.1 Å². The van der Waals surface area contributed by atoms with Crippen molar-refractivity contribution in [2.45, 2.75) is 4.90 Å². The zero-order valence-electron chi connectivity index (χ0n) is 16.5. The normalized spacial score (nSPS) is 17.1. The second kappa shape index (κ2) is 7.74. The molecular weight excluding hydrogens is 442 g/mol. The van der Waals surface area contributed by atoms with Crippen LogP contribution in [0.1, 0.15) is 10.5 Å². The summed E-state index contributed by atoms with van der Waals surface area (Å²) in [5.74, 6) is 0.725. The fourth-order valence-corrected chi connectivity index (χ4v) is 5.61. The molecule has 0 spiro atoms. The lowest BCUT2D eigenvalue weighted by atomic mass is 10.2. The van der Waals surface area contributed by atoms with Gasteiger partial charge >= 0.3 is 0 Å². The van der Waals surface area contributed by atoms with E-state index < -0.39 is 10.0 Å². The Labute approximate surface area is 184 Å². The molecule has 1 amide bonds. The molecule has 0 saturated carbocycles. The minimum atomic E-state index is -3.71. The number of carbonyl (C=O) groups is 1. The average molecular weight is 462 g/mol. The molecule has 3 aromatic rings. The quantitative estimate of drug-likeness (QED) is 0.647. The Bertz CT molecular complexity index is 1270. The van der Waals surface area contributed by atoms with Gasteiger partial charge in [0.05, 0.1) is 9.92 Å². The first-order chi connectivity index (χ1) is 14.9. The third-order valence-corrected chi connectivity index (χ3v) is 7.82. The molecular formula is C21H20ClN3O5S. The molecule has 2 aliphatic heterocycles. The van der Waals surface area contributed by atoms with Crippen LogP contribution in [0.25, 0.3) is 10.9 Å². The Balaban J connectivity index is 1.31. The molecule has 8 nitrogen and oxygen atoms in total. The first-order valence-corrected chi connectivity index (χ1v) is 11.7. The molecule has 10 heteroatoms. The Morgan fingerprint density at radius 2 is 1.68 bits per heavy atom. The van der Waals surface area contributed by atoms with E-state index >= 15 is 0 Å². The molecule has 1 N–H and O–H groups in total. The summed E-state index contributed by atoms with van der Waals surface area (Å²) in [7, 11) is -3.71. The molecule has 2 aliphatic rings. The third kappa shape index (κ3) is 3.52. The Morgan fingerprint density at radius 1 is 0.968 bits per heavy atom. The number of benzene rings is 2. The highest BCUT2D eigenvalue weighted by Crippen LogP contribution is 2.33. The number of amides is 1. The molecule has 0 bridgehead atoms. The van der Waals surface area contributed by atoms with Crippen LogP contribution in [0, 0.1) is 0 Å². The maximum Gasteiger partial charge on any atom is 0.271 e. The van der Waals surface area contributed by atoms with Crippen molar-refractivity contribution in [2.75, 3.05) is 39.4 Å². The summed E-state index contributed by atoms with van der Waals surface area (Å²) in [6, 6.07) is 12.1. The number of para-hydroxylation sites is 1. The number of hydrogen-bond donors (Lipinski definition) is 1. The topological polar surface area (TPSA) is 91.9 Å². The van der Waals surface area contributed by atoms with Gasteiger partial charge in [-0.15, -0.1) is 0 Å². The van der Waals surface area contributed by atoms with Gasteiger partial charge in [-0.2, -0.15) is 4.31 Å². The number of hydrogen-bond acceptors (Lipinski definition) is 5. The zero-order valence-corrected chi connectivity index (χ0v) is 18.1. The highest BCUT2D eigenvalue weighted by molar-refractivity contribution is 7.89. The minimum Gasteiger partial charge on any atom is -0.486 e. The molecule has 1 fully saturated rings. The van der Waals surface area contributed by atoms with Crippen molar-refractivity contribution in [3.63, 3.8) is 0 Å². The number of rotatable bonds is 3. The van der Waals surface area contributed by atoms with Gasteiger partial charge in [-0.25, -0.2) is 8.42 Å². The molecule has 2 aromatic carbocycles. The van der Waals surface area contributed by atoms with Crippen LogP contribution >= 0.6 is 11.6 Å². The highest BCUT2D eigenvalue weighted by atomic mass is 35.5. The van der Waals surface area contributed by atoms with Gasteiger partial charge in [-0.3, -0.25) is 4.79 Å². The molecule has 0 aliphatic carbocycles. The van der Waals surface area contributed by atoms with Crippen molar-refractivity contribution in [2.24, 2.45) is 0 Å². The summed E-state index contributed by atoms with van der Waals surface area (Å²) in [6.07, 6.45) is 0.